The average molecular weight is 251 g/mol. The SMILES string of the molecule is CC(=O)CC1CCCCCN1Cc1noc(C)n1. The Kier molecular flexibility index (Phi) is 4.47. The highest BCUT2D eigenvalue weighted by Crippen LogP contribution is 2.21. The molecule has 0 aromatic carbocycles. The lowest BCUT2D eigenvalue weighted by atomic mass is 10.0. The van der Waals surface area contributed by atoms with E-state index in [1.54, 1.807) is 13.8 Å². The van der Waals surface area contributed by atoms with E-state index in [0.29, 0.717) is 24.9 Å². The van der Waals surface area contributed by atoms with Crippen LogP contribution < -0.4 is 0 Å². The number of likely N-dealkylation sites (tertiary alicyclic amines) is 1. The maximum absolute atomic E-state index is 11.3. The van der Waals surface area contributed by atoms with Gasteiger partial charge in [0.15, 0.2) is 5.82 Å². The predicted molar refractivity (Wildman–Crippen MR) is 67.0 cm³/mol. The van der Waals surface area contributed by atoms with Gasteiger partial charge in [-0.25, -0.2) is 0 Å². The van der Waals surface area contributed by atoms with Crippen LogP contribution in [0.2, 0.25) is 0 Å². The fraction of sp³-hybridized carbons (Fsp3) is 0.769. The smallest absolute Gasteiger partial charge is 0.223 e. The van der Waals surface area contributed by atoms with Gasteiger partial charge in [0, 0.05) is 19.4 Å². The summed E-state index contributed by atoms with van der Waals surface area (Å²) in [6.07, 6.45) is 5.37. The van der Waals surface area contributed by atoms with Crippen molar-refractivity contribution in [3.05, 3.63) is 11.7 Å². The van der Waals surface area contributed by atoms with Crippen LogP contribution in [0.5, 0.6) is 0 Å². The molecule has 0 aliphatic carbocycles. The first kappa shape index (κ1) is 13.2. The van der Waals surface area contributed by atoms with Crippen molar-refractivity contribution >= 4 is 5.78 Å². The minimum atomic E-state index is 0.260. The maximum Gasteiger partial charge on any atom is 0.223 e. The molecule has 100 valence electrons. The van der Waals surface area contributed by atoms with E-state index in [9.17, 15) is 4.79 Å². The van der Waals surface area contributed by atoms with E-state index >= 15 is 0 Å². The van der Waals surface area contributed by atoms with E-state index in [-0.39, 0.29) is 5.78 Å². The van der Waals surface area contributed by atoms with Gasteiger partial charge in [-0.1, -0.05) is 18.0 Å². The summed E-state index contributed by atoms with van der Waals surface area (Å²) in [5, 5.41) is 3.94. The lowest BCUT2D eigenvalue weighted by Gasteiger charge is -2.27. The molecule has 18 heavy (non-hydrogen) atoms. The van der Waals surface area contributed by atoms with Crippen LogP contribution in [0.4, 0.5) is 0 Å². The number of hydrogen-bond donors (Lipinski definition) is 0. The summed E-state index contributed by atoms with van der Waals surface area (Å²) in [6, 6.07) is 0.337. The summed E-state index contributed by atoms with van der Waals surface area (Å²) in [5.74, 6) is 1.59. The number of rotatable bonds is 4. The van der Waals surface area contributed by atoms with Crippen molar-refractivity contribution in [3.8, 4) is 0 Å². The highest BCUT2D eigenvalue weighted by atomic mass is 16.5. The van der Waals surface area contributed by atoms with E-state index in [2.05, 4.69) is 15.0 Å². The van der Waals surface area contributed by atoms with Crippen molar-refractivity contribution in [1.29, 1.82) is 0 Å². The molecular weight excluding hydrogens is 230 g/mol. The molecule has 0 amide bonds. The molecule has 1 aromatic heterocycles. The molecule has 2 heterocycles. The van der Waals surface area contributed by atoms with Crippen molar-refractivity contribution in [2.45, 2.75) is 58.5 Å². The predicted octanol–water partition coefficient (Wildman–Crippen LogP) is 2.10. The first-order valence-corrected chi connectivity index (χ1v) is 6.68. The monoisotopic (exact) mass is 251 g/mol. The van der Waals surface area contributed by atoms with Crippen LogP contribution in [0.1, 0.15) is 50.7 Å². The van der Waals surface area contributed by atoms with Crippen molar-refractivity contribution in [1.82, 2.24) is 15.0 Å². The van der Waals surface area contributed by atoms with Crippen LogP contribution >= 0.6 is 0 Å². The molecule has 1 aliphatic rings. The van der Waals surface area contributed by atoms with Crippen molar-refractivity contribution < 1.29 is 9.32 Å². The van der Waals surface area contributed by atoms with Crippen LogP contribution in [0.25, 0.3) is 0 Å². The normalized spacial score (nSPS) is 21.8. The van der Waals surface area contributed by atoms with Crippen LogP contribution in [0.15, 0.2) is 4.52 Å². The number of aryl methyl sites for hydroxylation is 1. The van der Waals surface area contributed by atoms with Crippen LogP contribution in [-0.2, 0) is 11.3 Å². The molecule has 2 rings (SSSR count). The molecule has 1 atom stereocenters. The zero-order valence-corrected chi connectivity index (χ0v) is 11.2. The third kappa shape index (κ3) is 3.63. The Bertz CT molecular complexity index is 403. The summed E-state index contributed by atoms with van der Waals surface area (Å²) in [4.78, 5) is 17.9. The van der Waals surface area contributed by atoms with Crippen molar-refractivity contribution in [2.24, 2.45) is 0 Å². The quantitative estimate of drug-likeness (QED) is 0.820. The summed E-state index contributed by atoms with van der Waals surface area (Å²) in [5.41, 5.74) is 0. The van der Waals surface area contributed by atoms with E-state index < -0.39 is 0 Å². The van der Waals surface area contributed by atoms with Gasteiger partial charge >= 0.3 is 0 Å². The first-order valence-electron chi connectivity index (χ1n) is 6.68. The van der Waals surface area contributed by atoms with Gasteiger partial charge in [0.25, 0.3) is 0 Å². The molecule has 1 aromatic rings. The number of nitrogens with zero attached hydrogens (tertiary/aromatic N) is 3. The van der Waals surface area contributed by atoms with E-state index in [1.165, 1.54) is 19.3 Å². The molecule has 0 saturated carbocycles. The summed E-state index contributed by atoms with van der Waals surface area (Å²) < 4.78 is 5.00. The Hall–Kier alpha value is -1.23. The Morgan fingerprint density at radius 2 is 2.28 bits per heavy atom. The number of aromatic nitrogens is 2. The molecule has 5 nitrogen and oxygen atoms in total. The van der Waals surface area contributed by atoms with Crippen LogP contribution in [0.3, 0.4) is 0 Å². The Balaban J connectivity index is 2.02. The third-order valence-corrected chi connectivity index (χ3v) is 3.44. The molecule has 5 heteroatoms. The Morgan fingerprint density at radius 1 is 1.44 bits per heavy atom. The second-order valence-electron chi connectivity index (χ2n) is 5.11. The van der Waals surface area contributed by atoms with Gasteiger partial charge in [-0.15, -0.1) is 0 Å². The van der Waals surface area contributed by atoms with Crippen LogP contribution in [0, 0.1) is 6.92 Å². The molecule has 1 unspecified atom stereocenters. The fourth-order valence-electron chi connectivity index (χ4n) is 2.60. The molecule has 0 spiro atoms. The van der Waals surface area contributed by atoms with Gasteiger partial charge < -0.3 is 4.52 Å². The fourth-order valence-corrected chi connectivity index (χ4v) is 2.60. The minimum Gasteiger partial charge on any atom is -0.340 e. The zero-order chi connectivity index (χ0) is 13.0. The lowest BCUT2D eigenvalue weighted by molar-refractivity contribution is -0.118. The maximum atomic E-state index is 11.3. The standard InChI is InChI=1S/C13H21N3O2/c1-10(17)8-12-6-4-3-5-7-16(12)9-13-14-11(2)18-15-13/h12H,3-9H2,1-2H3. The molecule has 0 N–H and O–H groups in total. The molecule has 1 aliphatic heterocycles. The average Bonchev–Trinajstić information content (AvgIpc) is 2.58. The number of carbonyl (C=O) groups excluding carboxylic acids is 1. The van der Waals surface area contributed by atoms with E-state index in [1.807, 2.05) is 0 Å². The largest absolute Gasteiger partial charge is 0.340 e. The van der Waals surface area contributed by atoms with E-state index in [0.717, 1.165) is 18.8 Å². The van der Waals surface area contributed by atoms with Crippen molar-refractivity contribution in [2.75, 3.05) is 6.54 Å². The highest BCUT2D eigenvalue weighted by Gasteiger charge is 2.23. The van der Waals surface area contributed by atoms with Gasteiger partial charge in [-0.3, -0.25) is 9.69 Å². The van der Waals surface area contributed by atoms with Gasteiger partial charge in [-0.2, -0.15) is 4.98 Å². The molecule has 0 radical (unpaired) electrons. The Morgan fingerprint density at radius 3 is 2.94 bits per heavy atom. The number of ketones is 1. The first-order chi connectivity index (χ1) is 8.65. The van der Waals surface area contributed by atoms with Gasteiger partial charge in [0.1, 0.15) is 5.78 Å². The molecule has 1 saturated heterocycles. The summed E-state index contributed by atoms with van der Waals surface area (Å²) in [6.45, 7) is 5.17. The van der Waals surface area contributed by atoms with Crippen LogP contribution in [-0.4, -0.2) is 33.4 Å². The van der Waals surface area contributed by atoms with Gasteiger partial charge in [0.2, 0.25) is 5.89 Å². The number of carbonyl (C=O) groups is 1. The molecular formula is C13H21N3O2. The third-order valence-electron chi connectivity index (χ3n) is 3.44. The highest BCUT2D eigenvalue weighted by molar-refractivity contribution is 5.76. The topological polar surface area (TPSA) is 59.2 Å². The lowest BCUT2D eigenvalue weighted by Crippen LogP contribution is -2.36. The van der Waals surface area contributed by atoms with Gasteiger partial charge in [0.05, 0.1) is 6.54 Å². The molecule has 1 fully saturated rings. The summed E-state index contributed by atoms with van der Waals surface area (Å²) >= 11 is 0. The Labute approximate surface area is 108 Å². The summed E-state index contributed by atoms with van der Waals surface area (Å²) in [7, 11) is 0. The zero-order valence-electron chi connectivity index (χ0n) is 11.2. The second-order valence-corrected chi connectivity index (χ2v) is 5.11. The van der Waals surface area contributed by atoms with E-state index in [4.69, 9.17) is 4.52 Å². The number of hydrogen-bond acceptors (Lipinski definition) is 5. The van der Waals surface area contributed by atoms with Crippen molar-refractivity contribution in [3.63, 3.8) is 0 Å². The second kappa shape index (κ2) is 6.09. The number of Topliss-reactive ketones (excluding diaryl/α,β-unsaturated/α-hetero) is 1. The minimum absolute atomic E-state index is 0.260. The molecule has 0 bridgehead atoms. The van der Waals surface area contributed by atoms with Gasteiger partial charge in [-0.05, 0) is 26.3 Å².